The first-order valence-corrected chi connectivity index (χ1v) is 6.04. The van der Waals surface area contributed by atoms with Gasteiger partial charge in [-0.25, -0.2) is 0 Å². The quantitative estimate of drug-likeness (QED) is 0.755. The smallest absolute Gasteiger partial charge is 0.219 e. The number of carbonyl (C=O) groups excluding carboxylic acids is 1. The molecule has 0 saturated carbocycles. The molecule has 0 N–H and O–H groups in total. The van der Waals surface area contributed by atoms with Gasteiger partial charge in [-0.2, -0.15) is 0 Å². The zero-order valence-corrected chi connectivity index (χ0v) is 10.5. The van der Waals surface area contributed by atoms with Crippen LogP contribution in [-0.4, -0.2) is 47.2 Å². The van der Waals surface area contributed by atoms with E-state index in [9.17, 15) is 4.79 Å². The van der Waals surface area contributed by atoms with E-state index in [4.69, 9.17) is 11.6 Å². The van der Waals surface area contributed by atoms with Gasteiger partial charge >= 0.3 is 0 Å². The van der Waals surface area contributed by atoms with E-state index in [0.717, 1.165) is 38.4 Å². The maximum absolute atomic E-state index is 11.3. The average molecular weight is 255 g/mol. The molecular weight excluding hydrogens is 240 g/mol. The summed E-state index contributed by atoms with van der Waals surface area (Å²) < 4.78 is 0. The van der Waals surface area contributed by atoms with E-state index in [-0.39, 0.29) is 5.91 Å². The van der Waals surface area contributed by atoms with Crippen molar-refractivity contribution in [1.29, 1.82) is 0 Å². The number of carbonyl (C=O) groups is 1. The molecule has 0 bridgehead atoms. The Hall–Kier alpha value is -1.36. The maximum Gasteiger partial charge on any atom is 0.219 e. The van der Waals surface area contributed by atoms with Crippen molar-refractivity contribution in [3.8, 4) is 0 Å². The van der Waals surface area contributed by atoms with E-state index in [1.54, 1.807) is 13.0 Å². The van der Waals surface area contributed by atoms with Gasteiger partial charge in [-0.05, 0) is 18.6 Å². The standard InChI is InChI=1S/C11H15ClN4O/c1-9(17)15-5-2-6-16(8-7-15)11-4-3-10(12)13-14-11/h3-4H,2,5-8H2,1H3. The highest BCUT2D eigenvalue weighted by Gasteiger charge is 2.17. The Kier molecular flexibility index (Phi) is 3.78. The molecule has 2 heterocycles. The van der Waals surface area contributed by atoms with Gasteiger partial charge < -0.3 is 9.80 Å². The van der Waals surface area contributed by atoms with Crippen LogP contribution in [0.1, 0.15) is 13.3 Å². The number of nitrogens with zero attached hydrogens (tertiary/aromatic N) is 4. The summed E-state index contributed by atoms with van der Waals surface area (Å²) in [6.45, 7) is 4.83. The SMILES string of the molecule is CC(=O)N1CCCN(c2ccc(Cl)nn2)CC1. The zero-order chi connectivity index (χ0) is 12.3. The number of amides is 1. The van der Waals surface area contributed by atoms with Crippen molar-refractivity contribution in [1.82, 2.24) is 15.1 Å². The Morgan fingerprint density at radius 1 is 1.24 bits per heavy atom. The van der Waals surface area contributed by atoms with Crippen LogP contribution in [0.4, 0.5) is 5.82 Å². The summed E-state index contributed by atoms with van der Waals surface area (Å²) in [5, 5.41) is 8.28. The van der Waals surface area contributed by atoms with E-state index in [1.807, 2.05) is 11.0 Å². The molecule has 0 unspecified atom stereocenters. The summed E-state index contributed by atoms with van der Waals surface area (Å²) >= 11 is 5.70. The maximum atomic E-state index is 11.3. The molecular formula is C11H15ClN4O. The van der Waals surface area contributed by atoms with Crippen molar-refractivity contribution >= 4 is 23.3 Å². The Labute approximate surface area is 105 Å². The molecule has 6 heteroatoms. The molecule has 1 aromatic rings. The van der Waals surface area contributed by atoms with Crippen molar-refractivity contribution in [2.75, 3.05) is 31.1 Å². The topological polar surface area (TPSA) is 49.3 Å². The third-order valence-electron chi connectivity index (χ3n) is 2.88. The van der Waals surface area contributed by atoms with Crippen molar-refractivity contribution in [3.63, 3.8) is 0 Å². The Balaban J connectivity index is 2.03. The molecule has 2 rings (SSSR count). The van der Waals surface area contributed by atoms with Gasteiger partial charge in [0.1, 0.15) is 0 Å². The lowest BCUT2D eigenvalue weighted by molar-refractivity contribution is -0.128. The summed E-state index contributed by atoms with van der Waals surface area (Å²) in [4.78, 5) is 15.3. The van der Waals surface area contributed by atoms with Gasteiger partial charge in [0.25, 0.3) is 0 Å². The molecule has 92 valence electrons. The van der Waals surface area contributed by atoms with Crippen molar-refractivity contribution in [2.45, 2.75) is 13.3 Å². The van der Waals surface area contributed by atoms with Gasteiger partial charge in [0.2, 0.25) is 5.91 Å². The van der Waals surface area contributed by atoms with Gasteiger partial charge in [-0.1, -0.05) is 11.6 Å². The van der Waals surface area contributed by atoms with Crippen molar-refractivity contribution < 1.29 is 4.79 Å². The molecule has 0 spiro atoms. The summed E-state index contributed by atoms with van der Waals surface area (Å²) in [5.41, 5.74) is 0. The summed E-state index contributed by atoms with van der Waals surface area (Å²) in [6, 6.07) is 3.59. The molecule has 17 heavy (non-hydrogen) atoms. The largest absolute Gasteiger partial charge is 0.353 e. The number of hydrogen-bond donors (Lipinski definition) is 0. The van der Waals surface area contributed by atoms with E-state index in [0.29, 0.717) is 5.15 Å². The third-order valence-corrected chi connectivity index (χ3v) is 3.08. The average Bonchev–Trinajstić information content (AvgIpc) is 2.55. The number of aromatic nitrogens is 2. The van der Waals surface area contributed by atoms with Gasteiger partial charge in [0, 0.05) is 33.1 Å². The number of hydrogen-bond acceptors (Lipinski definition) is 4. The first-order chi connectivity index (χ1) is 8.16. The molecule has 1 fully saturated rings. The van der Waals surface area contributed by atoms with Crippen LogP contribution in [-0.2, 0) is 4.79 Å². The van der Waals surface area contributed by atoms with Crippen LogP contribution in [0.15, 0.2) is 12.1 Å². The van der Waals surface area contributed by atoms with Crippen LogP contribution < -0.4 is 4.90 Å². The molecule has 1 aliphatic rings. The van der Waals surface area contributed by atoms with Gasteiger partial charge in [-0.15, -0.1) is 10.2 Å². The van der Waals surface area contributed by atoms with Gasteiger partial charge in [-0.3, -0.25) is 4.79 Å². The predicted molar refractivity (Wildman–Crippen MR) is 66.1 cm³/mol. The highest BCUT2D eigenvalue weighted by Crippen LogP contribution is 2.14. The van der Waals surface area contributed by atoms with E-state index in [1.165, 1.54) is 0 Å². The Morgan fingerprint density at radius 2 is 2.06 bits per heavy atom. The number of rotatable bonds is 1. The van der Waals surface area contributed by atoms with Crippen molar-refractivity contribution in [3.05, 3.63) is 17.3 Å². The highest BCUT2D eigenvalue weighted by molar-refractivity contribution is 6.29. The minimum absolute atomic E-state index is 0.133. The molecule has 5 nitrogen and oxygen atoms in total. The third kappa shape index (κ3) is 3.06. The monoisotopic (exact) mass is 254 g/mol. The fraction of sp³-hybridized carbons (Fsp3) is 0.545. The molecule has 0 radical (unpaired) electrons. The molecule has 0 aliphatic carbocycles. The molecule has 1 saturated heterocycles. The van der Waals surface area contributed by atoms with E-state index < -0.39 is 0 Å². The lowest BCUT2D eigenvalue weighted by Gasteiger charge is -2.21. The Morgan fingerprint density at radius 3 is 2.71 bits per heavy atom. The van der Waals surface area contributed by atoms with Crippen molar-refractivity contribution in [2.24, 2.45) is 0 Å². The Bertz CT molecular complexity index is 395. The van der Waals surface area contributed by atoms with E-state index in [2.05, 4.69) is 15.1 Å². The molecule has 1 aliphatic heterocycles. The molecule has 0 aromatic carbocycles. The van der Waals surface area contributed by atoms with Crippen LogP contribution in [0, 0.1) is 0 Å². The summed E-state index contributed by atoms with van der Waals surface area (Å²) in [5.74, 6) is 0.953. The molecule has 1 amide bonds. The van der Waals surface area contributed by atoms with Gasteiger partial charge in [0.05, 0.1) is 0 Å². The van der Waals surface area contributed by atoms with Gasteiger partial charge in [0.15, 0.2) is 11.0 Å². The van der Waals surface area contributed by atoms with Crippen LogP contribution in [0.5, 0.6) is 0 Å². The molecule has 1 aromatic heterocycles. The second-order valence-electron chi connectivity index (χ2n) is 4.06. The summed E-state index contributed by atoms with van der Waals surface area (Å²) in [6.07, 6.45) is 0.948. The summed E-state index contributed by atoms with van der Waals surface area (Å²) in [7, 11) is 0. The normalized spacial score (nSPS) is 16.8. The number of anilines is 1. The fourth-order valence-corrected chi connectivity index (χ4v) is 2.04. The zero-order valence-electron chi connectivity index (χ0n) is 9.77. The minimum atomic E-state index is 0.133. The second kappa shape index (κ2) is 5.31. The van der Waals surface area contributed by atoms with Crippen LogP contribution >= 0.6 is 11.6 Å². The second-order valence-corrected chi connectivity index (χ2v) is 4.45. The minimum Gasteiger partial charge on any atom is -0.353 e. The first-order valence-electron chi connectivity index (χ1n) is 5.66. The highest BCUT2D eigenvalue weighted by atomic mass is 35.5. The van der Waals surface area contributed by atoms with E-state index >= 15 is 0 Å². The van der Waals surface area contributed by atoms with Crippen LogP contribution in [0.3, 0.4) is 0 Å². The van der Waals surface area contributed by atoms with Crippen LogP contribution in [0.25, 0.3) is 0 Å². The first kappa shape index (κ1) is 12.1. The lowest BCUT2D eigenvalue weighted by Crippen LogP contribution is -2.33. The predicted octanol–water partition coefficient (Wildman–Crippen LogP) is 1.19. The lowest BCUT2D eigenvalue weighted by atomic mass is 10.3. The fourth-order valence-electron chi connectivity index (χ4n) is 1.94. The molecule has 0 atom stereocenters. The number of halogens is 1. The van der Waals surface area contributed by atoms with Crippen LogP contribution in [0.2, 0.25) is 5.15 Å².